The number of amides is 1. The van der Waals surface area contributed by atoms with E-state index < -0.39 is 11.8 Å². The zero-order valence-corrected chi connectivity index (χ0v) is 10.8. The summed E-state index contributed by atoms with van der Waals surface area (Å²) in [6.45, 7) is 7.75. The summed E-state index contributed by atoms with van der Waals surface area (Å²) in [5.41, 5.74) is 0.144. The van der Waals surface area contributed by atoms with Crippen molar-refractivity contribution in [1.82, 2.24) is 4.90 Å². The van der Waals surface area contributed by atoms with Gasteiger partial charge in [0, 0.05) is 19.5 Å². The second kappa shape index (κ2) is 3.92. The zero-order chi connectivity index (χ0) is 12.8. The van der Waals surface area contributed by atoms with Crippen molar-refractivity contribution in [2.24, 2.45) is 17.3 Å². The largest absolute Gasteiger partial charge is 0.342 e. The maximum atomic E-state index is 12.9. The van der Waals surface area contributed by atoms with E-state index in [4.69, 9.17) is 0 Å². The van der Waals surface area contributed by atoms with Crippen molar-refractivity contribution in [3.63, 3.8) is 0 Å². The number of nitrogens with zero attached hydrogens (tertiary/aromatic N) is 1. The SMILES string of the molecule is CC(C)(C)C1CCCN(C(=O)C2CC2(F)F)C1. The highest BCUT2D eigenvalue weighted by atomic mass is 19.3. The topological polar surface area (TPSA) is 20.3 Å². The standard InChI is InChI=1S/C13H21F2NO/c1-12(2,3)9-5-4-6-16(8-9)11(17)10-7-13(10,14)15/h9-10H,4-8H2,1-3H3. The predicted octanol–water partition coefficient (Wildman–Crippen LogP) is 2.93. The second-order valence-electron chi connectivity index (χ2n) is 6.51. The molecule has 0 radical (unpaired) electrons. The van der Waals surface area contributed by atoms with Crippen LogP contribution in [-0.2, 0) is 4.79 Å². The van der Waals surface area contributed by atoms with Gasteiger partial charge in [-0.1, -0.05) is 20.8 Å². The molecule has 0 aromatic heterocycles. The fourth-order valence-electron chi connectivity index (χ4n) is 2.59. The monoisotopic (exact) mass is 245 g/mol. The van der Waals surface area contributed by atoms with Crippen LogP contribution in [0.5, 0.6) is 0 Å². The van der Waals surface area contributed by atoms with Crippen molar-refractivity contribution in [2.45, 2.75) is 46.0 Å². The van der Waals surface area contributed by atoms with Gasteiger partial charge in [0.15, 0.2) is 0 Å². The van der Waals surface area contributed by atoms with E-state index in [1.54, 1.807) is 4.90 Å². The summed E-state index contributed by atoms with van der Waals surface area (Å²) in [5, 5.41) is 0. The van der Waals surface area contributed by atoms with E-state index in [1.165, 1.54) is 0 Å². The average Bonchev–Trinajstić information content (AvgIpc) is 2.86. The van der Waals surface area contributed by atoms with Gasteiger partial charge in [0.05, 0.1) is 0 Å². The Balaban J connectivity index is 1.96. The third kappa shape index (κ3) is 2.61. The minimum Gasteiger partial charge on any atom is -0.342 e. The molecule has 0 bridgehead atoms. The lowest BCUT2D eigenvalue weighted by Crippen LogP contribution is -2.44. The van der Waals surface area contributed by atoms with Gasteiger partial charge in [0.25, 0.3) is 5.92 Å². The smallest absolute Gasteiger partial charge is 0.260 e. The fourth-order valence-corrected chi connectivity index (χ4v) is 2.59. The lowest BCUT2D eigenvalue weighted by atomic mass is 9.76. The van der Waals surface area contributed by atoms with E-state index in [0.29, 0.717) is 19.0 Å². The van der Waals surface area contributed by atoms with Gasteiger partial charge in [-0.05, 0) is 24.2 Å². The van der Waals surface area contributed by atoms with Gasteiger partial charge in [-0.15, -0.1) is 0 Å². The third-order valence-corrected chi connectivity index (χ3v) is 4.08. The van der Waals surface area contributed by atoms with Gasteiger partial charge in [-0.2, -0.15) is 0 Å². The second-order valence-corrected chi connectivity index (χ2v) is 6.51. The molecule has 2 aliphatic rings. The van der Waals surface area contributed by atoms with E-state index in [1.807, 2.05) is 0 Å². The number of piperidine rings is 1. The van der Waals surface area contributed by atoms with Crippen LogP contribution < -0.4 is 0 Å². The number of halogens is 2. The molecule has 98 valence electrons. The van der Waals surface area contributed by atoms with E-state index >= 15 is 0 Å². The van der Waals surface area contributed by atoms with Crippen molar-refractivity contribution in [3.8, 4) is 0 Å². The molecule has 1 saturated carbocycles. The lowest BCUT2D eigenvalue weighted by molar-refractivity contribution is -0.137. The molecule has 0 spiro atoms. The van der Waals surface area contributed by atoms with E-state index in [-0.39, 0.29) is 17.7 Å². The minimum absolute atomic E-state index is 0.144. The summed E-state index contributed by atoms with van der Waals surface area (Å²) in [6.07, 6.45) is 1.78. The van der Waals surface area contributed by atoms with Crippen molar-refractivity contribution in [1.29, 1.82) is 0 Å². The molecule has 0 aromatic carbocycles. The van der Waals surface area contributed by atoms with Gasteiger partial charge in [0.1, 0.15) is 5.92 Å². The third-order valence-electron chi connectivity index (χ3n) is 4.08. The lowest BCUT2D eigenvalue weighted by Gasteiger charge is -2.39. The van der Waals surface area contributed by atoms with Crippen LogP contribution in [0.1, 0.15) is 40.0 Å². The number of carbonyl (C=O) groups is 1. The van der Waals surface area contributed by atoms with Gasteiger partial charge >= 0.3 is 0 Å². The molecule has 17 heavy (non-hydrogen) atoms. The first-order chi connectivity index (χ1) is 7.72. The molecule has 2 nitrogen and oxygen atoms in total. The summed E-state index contributed by atoms with van der Waals surface area (Å²) < 4.78 is 25.8. The Hall–Kier alpha value is -0.670. The number of rotatable bonds is 1. The highest BCUT2D eigenvalue weighted by Gasteiger charge is 2.62. The fraction of sp³-hybridized carbons (Fsp3) is 0.923. The van der Waals surface area contributed by atoms with Crippen molar-refractivity contribution >= 4 is 5.91 Å². The molecular weight excluding hydrogens is 224 g/mol. The molecule has 2 atom stereocenters. The summed E-state index contributed by atoms with van der Waals surface area (Å²) in [5.74, 6) is -3.66. The van der Waals surface area contributed by atoms with Gasteiger partial charge < -0.3 is 4.90 Å². The molecule has 1 amide bonds. The molecule has 4 heteroatoms. The molecule has 1 heterocycles. The Morgan fingerprint density at radius 2 is 1.94 bits per heavy atom. The Kier molecular flexibility index (Phi) is 2.95. The van der Waals surface area contributed by atoms with Crippen LogP contribution in [-0.4, -0.2) is 29.8 Å². The molecular formula is C13H21F2NO. The molecule has 0 aromatic rings. The average molecular weight is 245 g/mol. The Bertz CT molecular complexity index is 322. The van der Waals surface area contributed by atoms with E-state index in [0.717, 1.165) is 12.8 Å². The van der Waals surface area contributed by atoms with Crippen molar-refractivity contribution in [2.75, 3.05) is 13.1 Å². The molecule has 2 unspecified atom stereocenters. The summed E-state index contributed by atoms with van der Waals surface area (Å²) in [7, 11) is 0. The maximum absolute atomic E-state index is 12.9. The first-order valence-corrected chi connectivity index (χ1v) is 6.38. The van der Waals surface area contributed by atoms with Gasteiger partial charge in [-0.25, -0.2) is 8.78 Å². The molecule has 2 rings (SSSR count). The molecule has 0 N–H and O–H groups in total. The molecule has 1 saturated heterocycles. The molecule has 1 aliphatic carbocycles. The Morgan fingerprint density at radius 1 is 1.35 bits per heavy atom. The Morgan fingerprint density at radius 3 is 2.41 bits per heavy atom. The number of alkyl halides is 2. The summed E-state index contributed by atoms with van der Waals surface area (Å²) >= 11 is 0. The Labute approximate surface area is 101 Å². The van der Waals surface area contributed by atoms with Crippen molar-refractivity contribution < 1.29 is 13.6 Å². The first-order valence-electron chi connectivity index (χ1n) is 6.38. The van der Waals surface area contributed by atoms with E-state index in [2.05, 4.69) is 20.8 Å². The number of likely N-dealkylation sites (tertiary alicyclic amines) is 1. The van der Waals surface area contributed by atoms with Crippen molar-refractivity contribution in [3.05, 3.63) is 0 Å². The van der Waals surface area contributed by atoms with Crippen LogP contribution in [0, 0.1) is 17.3 Å². The maximum Gasteiger partial charge on any atom is 0.260 e. The van der Waals surface area contributed by atoms with Crippen LogP contribution in [0.15, 0.2) is 0 Å². The highest BCUT2D eigenvalue weighted by molar-refractivity contribution is 5.83. The van der Waals surface area contributed by atoms with E-state index in [9.17, 15) is 13.6 Å². The summed E-state index contributed by atoms with van der Waals surface area (Å²) in [6, 6.07) is 0. The van der Waals surface area contributed by atoms with Crippen LogP contribution >= 0.6 is 0 Å². The minimum atomic E-state index is -2.73. The van der Waals surface area contributed by atoms with Crippen LogP contribution in [0.2, 0.25) is 0 Å². The highest BCUT2D eigenvalue weighted by Crippen LogP contribution is 2.50. The normalized spacial score (nSPS) is 32.4. The van der Waals surface area contributed by atoms with Gasteiger partial charge in [0.2, 0.25) is 5.91 Å². The first kappa shape index (κ1) is 12.8. The quantitative estimate of drug-likeness (QED) is 0.695. The van der Waals surface area contributed by atoms with Crippen LogP contribution in [0.4, 0.5) is 8.78 Å². The number of carbonyl (C=O) groups excluding carboxylic acids is 1. The molecule has 2 fully saturated rings. The van der Waals surface area contributed by atoms with Crippen LogP contribution in [0.3, 0.4) is 0 Å². The zero-order valence-electron chi connectivity index (χ0n) is 10.8. The summed E-state index contributed by atoms with van der Waals surface area (Å²) in [4.78, 5) is 13.6. The van der Waals surface area contributed by atoms with Gasteiger partial charge in [-0.3, -0.25) is 4.79 Å². The van der Waals surface area contributed by atoms with Crippen LogP contribution in [0.25, 0.3) is 0 Å². The number of hydrogen-bond donors (Lipinski definition) is 0. The molecule has 1 aliphatic heterocycles. The predicted molar refractivity (Wildman–Crippen MR) is 61.8 cm³/mol. The number of hydrogen-bond acceptors (Lipinski definition) is 1.